The quantitative estimate of drug-likeness (QED) is 0.0919. The van der Waals surface area contributed by atoms with Crippen LogP contribution >= 0.6 is 11.8 Å². The van der Waals surface area contributed by atoms with Gasteiger partial charge in [0.05, 0.1) is 0 Å². The van der Waals surface area contributed by atoms with E-state index in [9.17, 15) is 14.4 Å². The van der Waals surface area contributed by atoms with Crippen molar-refractivity contribution >= 4 is 68.7 Å². The van der Waals surface area contributed by atoms with Gasteiger partial charge in [-0.2, -0.15) is 0 Å². The van der Waals surface area contributed by atoms with Crippen molar-refractivity contribution in [3.63, 3.8) is 0 Å². The number of benzene rings is 6. The monoisotopic (exact) mass is 714 g/mol. The van der Waals surface area contributed by atoms with Crippen LogP contribution < -0.4 is 16.0 Å². The van der Waals surface area contributed by atoms with Crippen LogP contribution in [0.3, 0.4) is 0 Å². The lowest BCUT2D eigenvalue weighted by Gasteiger charge is -2.18. The van der Waals surface area contributed by atoms with Crippen LogP contribution in [0.15, 0.2) is 162 Å². The highest BCUT2D eigenvalue weighted by atomic mass is 32.2. The van der Waals surface area contributed by atoms with Crippen LogP contribution in [0.25, 0.3) is 27.9 Å². The van der Waals surface area contributed by atoms with E-state index in [2.05, 4.69) is 51.7 Å². The van der Waals surface area contributed by atoms with Gasteiger partial charge in [-0.3, -0.25) is 14.4 Å². The summed E-state index contributed by atoms with van der Waals surface area (Å²) in [7, 11) is 0. The summed E-state index contributed by atoms with van der Waals surface area (Å²) < 4.78 is 2.28. The number of nitrogens with zero attached hydrogens (tertiary/aromatic N) is 1. The van der Waals surface area contributed by atoms with Crippen LogP contribution in [-0.4, -0.2) is 22.3 Å². The highest BCUT2D eigenvalue weighted by molar-refractivity contribution is 8.00. The van der Waals surface area contributed by atoms with E-state index in [1.165, 1.54) is 17.3 Å². The summed E-state index contributed by atoms with van der Waals surface area (Å²) in [5.41, 5.74) is 6.82. The third-order valence-electron chi connectivity index (χ3n) is 8.94. The van der Waals surface area contributed by atoms with Crippen LogP contribution in [0.1, 0.15) is 39.2 Å². The van der Waals surface area contributed by atoms with Crippen molar-refractivity contribution < 1.29 is 14.4 Å². The Morgan fingerprint density at radius 1 is 0.679 bits per heavy atom. The van der Waals surface area contributed by atoms with Gasteiger partial charge in [-0.15, -0.1) is 11.8 Å². The largest absolute Gasteiger partial charge is 0.341 e. The standard InChI is InChI=1S/C45H38N4O3S/c1-3-49-40-20-11-10-19-37(40)38-29-35(23-26-41(38)49)47-45(52)42(32-15-6-4-7-16-32)53-36-24-21-34(22-25-36)46-44(51)39(28-31-14-12-13-30(2)27-31)48-43(50)33-17-8-5-9-18-33/h4-29,42H,3H2,1-2H3,(H,46,51)(H,47,52)(H,48,50)/b39-28-. The Labute approximate surface area is 312 Å². The Bertz CT molecular complexity index is 2460. The van der Waals surface area contributed by atoms with Crippen LogP contribution in [0, 0.1) is 6.92 Å². The van der Waals surface area contributed by atoms with E-state index in [1.807, 2.05) is 97.9 Å². The normalized spacial score (nSPS) is 12.0. The molecule has 0 fully saturated rings. The number of carbonyl (C=O) groups is 3. The second-order valence-electron chi connectivity index (χ2n) is 12.7. The number of rotatable bonds is 11. The highest BCUT2D eigenvalue weighted by Crippen LogP contribution is 2.38. The van der Waals surface area contributed by atoms with Crippen molar-refractivity contribution in [1.29, 1.82) is 0 Å². The van der Waals surface area contributed by atoms with E-state index in [-0.39, 0.29) is 17.5 Å². The van der Waals surface area contributed by atoms with Crippen molar-refractivity contribution in [2.45, 2.75) is 30.5 Å². The van der Waals surface area contributed by atoms with Crippen molar-refractivity contribution in [2.75, 3.05) is 10.6 Å². The summed E-state index contributed by atoms with van der Waals surface area (Å²) in [6.45, 7) is 4.95. The summed E-state index contributed by atoms with van der Waals surface area (Å²) in [5.74, 6) is -0.988. The minimum Gasteiger partial charge on any atom is -0.341 e. The first-order valence-corrected chi connectivity index (χ1v) is 18.3. The molecule has 1 atom stereocenters. The number of thioether (sulfide) groups is 1. The first kappa shape index (κ1) is 35.0. The van der Waals surface area contributed by atoms with E-state index in [0.29, 0.717) is 11.3 Å². The van der Waals surface area contributed by atoms with Gasteiger partial charge in [-0.1, -0.05) is 96.6 Å². The molecule has 53 heavy (non-hydrogen) atoms. The van der Waals surface area contributed by atoms with E-state index in [4.69, 9.17) is 0 Å². The predicted octanol–water partition coefficient (Wildman–Crippen LogP) is 10.0. The van der Waals surface area contributed by atoms with Crippen LogP contribution in [-0.2, 0) is 16.1 Å². The van der Waals surface area contributed by atoms with Crippen LogP contribution in [0.5, 0.6) is 0 Å². The molecule has 1 aromatic heterocycles. The fraction of sp³-hybridized carbons (Fsp3) is 0.0889. The number of para-hydroxylation sites is 1. The predicted molar refractivity (Wildman–Crippen MR) is 217 cm³/mol. The maximum absolute atomic E-state index is 14.0. The zero-order valence-electron chi connectivity index (χ0n) is 29.4. The fourth-order valence-corrected chi connectivity index (χ4v) is 7.43. The average Bonchev–Trinajstić information content (AvgIpc) is 3.50. The number of fused-ring (bicyclic) bond motifs is 3. The molecule has 7 aromatic rings. The van der Waals surface area contributed by atoms with Crippen LogP contribution in [0.4, 0.5) is 11.4 Å². The molecule has 0 spiro atoms. The number of hydrogen-bond donors (Lipinski definition) is 3. The number of carbonyl (C=O) groups excluding carboxylic acids is 3. The highest BCUT2D eigenvalue weighted by Gasteiger charge is 2.23. The Balaban J connectivity index is 1.09. The number of aryl methyl sites for hydroxylation is 2. The SMILES string of the molecule is CCn1c2ccccc2c2cc(NC(=O)C(Sc3ccc(NC(=O)/C(=C/c4cccc(C)c4)NC(=O)c4ccccc4)cc3)c3ccccc3)ccc21. The molecule has 8 heteroatoms. The van der Waals surface area contributed by atoms with Gasteiger partial charge in [0.2, 0.25) is 5.91 Å². The zero-order valence-corrected chi connectivity index (χ0v) is 30.2. The maximum atomic E-state index is 14.0. The summed E-state index contributed by atoms with van der Waals surface area (Å²) >= 11 is 1.43. The molecular formula is C45H38N4O3S. The molecule has 0 aliphatic carbocycles. The lowest BCUT2D eigenvalue weighted by Crippen LogP contribution is -2.30. The lowest BCUT2D eigenvalue weighted by molar-refractivity contribution is -0.116. The molecule has 0 aliphatic heterocycles. The first-order chi connectivity index (χ1) is 25.9. The number of amides is 3. The van der Waals surface area contributed by atoms with Gasteiger partial charge >= 0.3 is 0 Å². The molecular weight excluding hydrogens is 677 g/mol. The summed E-state index contributed by atoms with van der Waals surface area (Å²) in [6, 6.07) is 47.9. The van der Waals surface area contributed by atoms with Crippen molar-refractivity contribution in [3.8, 4) is 0 Å². The second kappa shape index (κ2) is 15.9. The molecule has 1 heterocycles. The number of aromatic nitrogens is 1. The molecule has 0 aliphatic rings. The Hall–Kier alpha value is -6.38. The topological polar surface area (TPSA) is 92.2 Å². The molecule has 7 rings (SSSR count). The molecule has 3 amide bonds. The Morgan fingerprint density at radius 3 is 2.09 bits per heavy atom. The van der Waals surface area contributed by atoms with Gasteiger partial charge in [0.25, 0.3) is 11.8 Å². The van der Waals surface area contributed by atoms with Gasteiger partial charge in [0.15, 0.2) is 0 Å². The minimum absolute atomic E-state index is 0.112. The first-order valence-electron chi connectivity index (χ1n) is 17.5. The summed E-state index contributed by atoms with van der Waals surface area (Å²) in [5, 5.41) is 10.6. The zero-order chi connectivity index (χ0) is 36.7. The minimum atomic E-state index is -0.540. The van der Waals surface area contributed by atoms with Gasteiger partial charge in [-0.05, 0) is 91.7 Å². The molecule has 3 N–H and O–H groups in total. The summed E-state index contributed by atoms with van der Waals surface area (Å²) in [6.07, 6.45) is 1.66. The smallest absolute Gasteiger partial charge is 0.272 e. The fourth-order valence-electron chi connectivity index (χ4n) is 6.40. The Kier molecular flexibility index (Phi) is 10.5. The maximum Gasteiger partial charge on any atom is 0.272 e. The third-order valence-corrected chi connectivity index (χ3v) is 10.2. The van der Waals surface area contributed by atoms with Gasteiger partial charge < -0.3 is 20.5 Å². The van der Waals surface area contributed by atoms with Gasteiger partial charge in [0, 0.05) is 50.2 Å². The molecule has 0 radical (unpaired) electrons. The van der Waals surface area contributed by atoms with Crippen LogP contribution in [0.2, 0.25) is 0 Å². The third kappa shape index (κ3) is 8.08. The van der Waals surface area contributed by atoms with Gasteiger partial charge in [-0.25, -0.2) is 0 Å². The molecule has 1 unspecified atom stereocenters. The van der Waals surface area contributed by atoms with Crippen molar-refractivity contribution in [3.05, 3.63) is 180 Å². The van der Waals surface area contributed by atoms with E-state index in [1.54, 1.807) is 42.5 Å². The number of anilines is 2. The Morgan fingerprint density at radius 2 is 1.36 bits per heavy atom. The van der Waals surface area contributed by atoms with E-state index < -0.39 is 11.2 Å². The van der Waals surface area contributed by atoms with Gasteiger partial charge in [0.1, 0.15) is 10.9 Å². The molecule has 0 saturated carbocycles. The molecule has 262 valence electrons. The summed E-state index contributed by atoms with van der Waals surface area (Å²) in [4.78, 5) is 41.5. The number of hydrogen-bond acceptors (Lipinski definition) is 4. The second-order valence-corrected chi connectivity index (χ2v) is 13.8. The molecule has 7 nitrogen and oxygen atoms in total. The molecule has 0 saturated heterocycles. The van der Waals surface area contributed by atoms with E-state index >= 15 is 0 Å². The van der Waals surface area contributed by atoms with Crippen molar-refractivity contribution in [2.24, 2.45) is 0 Å². The van der Waals surface area contributed by atoms with Crippen molar-refractivity contribution in [1.82, 2.24) is 9.88 Å². The average molecular weight is 715 g/mol. The molecule has 0 bridgehead atoms. The molecule has 6 aromatic carbocycles. The van der Waals surface area contributed by atoms with E-state index in [0.717, 1.165) is 50.1 Å². The lowest BCUT2D eigenvalue weighted by atomic mass is 10.1. The number of nitrogens with one attached hydrogen (secondary N) is 3.